The van der Waals surface area contributed by atoms with E-state index in [1.54, 1.807) is 6.92 Å². The first kappa shape index (κ1) is 17.5. The molecule has 0 aromatic carbocycles. The average molecular weight is 332 g/mol. The lowest BCUT2D eigenvalue weighted by Gasteiger charge is -2.29. The van der Waals surface area contributed by atoms with Gasteiger partial charge in [-0.05, 0) is 19.1 Å². The number of aromatic nitrogens is 1. The van der Waals surface area contributed by atoms with E-state index >= 15 is 0 Å². The summed E-state index contributed by atoms with van der Waals surface area (Å²) in [5.74, 6) is -0.488. The number of nitrogens with one attached hydrogen (secondary N) is 3. The highest BCUT2D eigenvalue weighted by Crippen LogP contribution is 2.33. The maximum Gasteiger partial charge on any atom is 0.419 e. The standard InChI is InChI=1S/C14H19F3N4O2/c1-9-11(18-7-8-23-9)13(22)21-6-5-20-12-10(14(15,16)17)3-2-4-19-12/h2-4,9,11,18H,5-8H2,1H3,(H,19,20)(H,21,22)/t9-,11+/m1/s1. The Kier molecular flexibility index (Phi) is 5.78. The van der Waals surface area contributed by atoms with Crippen LogP contribution in [-0.2, 0) is 15.7 Å². The number of carbonyl (C=O) groups is 1. The van der Waals surface area contributed by atoms with Crippen LogP contribution in [0.15, 0.2) is 18.3 Å². The molecule has 0 saturated carbocycles. The van der Waals surface area contributed by atoms with Crippen LogP contribution in [0.4, 0.5) is 19.0 Å². The van der Waals surface area contributed by atoms with E-state index in [9.17, 15) is 18.0 Å². The maximum absolute atomic E-state index is 12.8. The maximum atomic E-state index is 12.8. The summed E-state index contributed by atoms with van der Waals surface area (Å²) >= 11 is 0. The molecule has 2 heterocycles. The second-order valence-corrected chi connectivity index (χ2v) is 5.12. The second-order valence-electron chi connectivity index (χ2n) is 5.12. The van der Waals surface area contributed by atoms with Crippen molar-refractivity contribution >= 4 is 11.7 Å². The van der Waals surface area contributed by atoms with Crippen LogP contribution >= 0.6 is 0 Å². The zero-order chi connectivity index (χ0) is 16.9. The van der Waals surface area contributed by atoms with Gasteiger partial charge in [-0.25, -0.2) is 4.98 Å². The first-order valence-corrected chi connectivity index (χ1v) is 7.28. The highest BCUT2D eigenvalue weighted by Gasteiger charge is 2.34. The van der Waals surface area contributed by atoms with Crippen molar-refractivity contribution in [3.8, 4) is 0 Å². The number of amides is 1. The molecule has 1 saturated heterocycles. The van der Waals surface area contributed by atoms with Crippen LogP contribution in [0.3, 0.4) is 0 Å². The van der Waals surface area contributed by atoms with Gasteiger partial charge in [0.25, 0.3) is 0 Å². The molecule has 1 fully saturated rings. The van der Waals surface area contributed by atoms with E-state index in [2.05, 4.69) is 20.9 Å². The number of morpholine rings is 1. The fraction of sp³-hybridized carbons (Fsp3) is 0.571. The lowest BCUT2D eigenvalue weighted by Crippen LogP contribution is -2.55. The zero-order valence-corrected chi connectivity index (χ0v) is 12.6. The Morgan fingerprint density at radius 1 is 1.48 bits per heavy atom. The molecule has 6 nitrogen and oxygen atoms in total. The summed E-state index contributed by atoms with van der Waals surface area (Å²) in [6, 6.07) is 1.73. The first-order chi connectivity index (χ1) is 10.9. The Morgan fingerprint density at radius 2 is 2.26 bits per heavy atom. The van der Waals surface area contributed by atoms with Crippen molar-refractivity contribution in [1.29, 1.82) is 0 Å². The third-order valence-electron chi connectivity index (χ3n) is 3.43. The molecule has 0 radical (unpaired) electrons. The first-order valence-electron chi connectivity index (χ1n) is 7.28. The monoisotopic (exact) mass is 332 g/mol. The van der Waals surface area contributed by atoms with Crippen LogP contribution in [0.5, 0.6) is 0 Å². The van der Waals surface area contributed by atoms with Crippen LogP contribution < -0.4 is 16.0 Å². The number of anilines is 1. The molecule has 2 rings (SSSR count). The summed E-state index contributed by atoms with van der Waals surface area (Å²) < 4.78 is 43.8. The smallest absolute Gasteiger partial charge is 0.375 e. The van der Waals surface area contributed by atoms with Crippen LogP contribution in [0.25, 0.3) is 0 Å². The second kappa shape index (κ2) is 7.60. The van der Waals surface area contributed by atoms with Crippen molar-refractivity contribution in [2.45, 2.75) is 25.2 Å². The minimum Gasteiger partial charge on any atom is -0.375 e. The molecule has 2 atom stereocenters. The molecule has 1 amide bonds. The van der Waals surface area contributed by atoms with Crippen molar-refractivity contribution in [1.82, 2.24) is 15.6 Å². The van der Waals surface area contributed by atoms with Crippen molar-refractivity contribution in [2.24, 2.45) is 0 Å². The fourth-order valence-electron chi connectivity index (χ4n) is 2.28. The Balaban J connectivity index is 1.81. The molecule has 1 aliphatic rings. The predicted molar refractivity (Wildman–Crippen MR) is 77.9 cm³/mol. The van der Waals surface area contributed by atoms with Gasteiger partial charge in [-0.2, -0.15) is 13.2 Å². The molecule has 0 bridgehead atoms. The molecule has 1 aliphatic heterocycles. The fourth-order valence-corrected chi connectivity index (χ4v) is 2.28. The molecular formula is C14H19F3N4O2. The van der Waals surface area contributed by atoms with Gasteiger partial charge in [0.05, 0.1) is 18.3 Å². The zero-order valence-electron chi connectivity index (χ0n) is 12.6. The quantitative estimate of drug-likeness (QED) is 0.702. The molecule has 1 aromatic rings. The van der Waals surface area contributed by atoms with Gasteiger partial charge in [-0.3, -0.25) is 4.79 Å². The Bertz CT molecular complexity index is 539. The van der Waals surface area contributed by atoms with Crippen molar-refractivity contribution in [3.63, 3.8) is 0 Å². The molecule has 0 spiro atoms. The topological polar surface area (TPSA) is 75.3 Å². The number of ether oxygens (including phenoxy) is 1. The molecule has 1 aromatic heterocycles. The largest absolute Gasteiger partial charge is 0.419 e. The molecule has 9 heteroatoms. The van der Waals surface area contributed by atoms with Crippen molar-refractivity contribution < 1.29 is 22.7 Å². The number of halogens is 3. The van der Waals surface area contributed by atoms with E-state index < -0.39 is 17.8 Å². The van der Waals surface area contributed by atoms with Gasteiger partial charge in [-0.1, -0.05) is 0 Å². The Hall–Kier alpha value is -1.87. The number of carbonyl (C=O) groups excluding carboxylic acids is 1. The Labute approximate surface area is 131 Å². The van der Waals surface area contributed by atoms with Crippen LogP contribution in [0.1, 0.15) is 12.5 Å². The van der Waals surface area contributed by atoms with E-state index in [4.69, 9.17) is 4.74 Å². The minimum absolute atomic E-state index is 0.133. The third-order valence-corrected chi connectivity index (χ3v) is 3.43. The van der Waals surface area contributed by atoms with E-state index in [1.165, 1.54) is 12.3 Å². The third kappa shape index (κ3) is 4.80. The van der Waals surface area contributed by atoms with Gasteiger partial charge < -0.3 is 20.7 Å². The normalized spacial score (nSPS) is 21.7. The van der Waals surface area contributed by atoms with Crippen LogP contribution in [0, 0.1) is 0 Å². The summed E-state index contributed by atoms with van der Waals surface area (Å²) in [4.78, 5) is 15.7. The molecule has 23 heavy (non-hydrogen) atoms. The highest BCUT2D eigenvalue weighted by molar-refractivity contribution is 5.82. The minimum atomic E-state index is -4.47. The number of nitrogens with zero attached hydrogens (tertiary/aromatic N) is 1. The SMILES string of the molecule is C[C@H]1OCCN[C@@H]1C(=O)NCCNc1ncccc1C(F)(F)F. The van der Waals surface area contributed by atoms with Gasteiger partial charge in [0.15, 0.2) is 0 Å². The molecular weight excluding hydrogens is 313 g/mol. The van der Waals surface area contributed by atoms with Gasteiger partial charge in [0.1, 0.15) is 11.9 Å². The van der Waals surface area contributed by atoms with E-state index in [1.807, 2.05) is 0 Å². The summed E-state index contributed by atoms with van der Waals surface area (Å²) in [5, 5.41) is 8.29. The van der Waals surface area contributed by atoms with Gasteiger partial charge in [0.2, 0.25) is 5.91 Å². The summed E-state index contributed by atoms with van der Waals surface area (Å²) in [7, 11) is 0. The number of alkyl halides is 3. The average Bonchev–Trinajstić information content (AvgIpc) is 2.51. The molecule has 0 unspecified atom stereocenters. The van der Waals surface area contributed by atoms with E-state index in [0.29, 0.717) is 13.2 Å². The number of rotatable bonds is 5. The van der Waals surface area contributed by atoms with Gasteiger partial charge in [-0.15, -0.1) is 0 Å². The summed E-state index contributed by atoms with van der Waals surface area (Å²) in [6.07, 6.45) is -3.44. The van der Waals surface area contributed by atoms with Gasteiger partial charge in [0, 0.05) is 25.8 Å². The van der Waals surface area contributed by atoms with E-state index in [-0.39, 0.29) is 30.9 Å². The number of hydrogen-bond acceptors (Lipinski definition) is 5. The van der Waals surface area contributed by atoms with Gasteiger partial charge >= 0.3 is 6.18 Å². The lowest BCUT2D eigenvalue weighted by atomic mass is 10.1. The van der Waals surface area contributed by atoms with Crippen molar-refractivity contribution in [3.05, 3.63) is 23.9 Å². The van der Waals surface area contributed by atoms with E-state index in [0.717, 1.165) is 6.07 Å². The van der Waals surface area contributed by atoms with Crippen LogP contribution in [-0.4, -0.2) is 49.3 Å². The number of pyridine rings is 1. The molecule has 3 N–H and O–H groups in total. The van der Waals surface area contributed by atoms with Crippen molar-refractivity contribution in [2.75, 3.05) is 31.6 Å². The highest BCUT2D eigenvalue weighted by atomic mass is 19.4. The summed E-state index contributed by atoms with van der Waals surface area (Å²) in [6.45, 7) is 3.24. The van der Waals surface area contributed by atoms with Crippen LogP contribution in [0.2, 0.25) is 0 Å². The molecule has 128 valence electrons. The Morgan fingerprint density at radius 3 is 2.96 bits per heavy atom. The number of hydrogen-bond donors (Lipinski definition) is 3. The molecule has 0 aliphatic carbocycles. The summed E-state index contributed by atoms with van der Waals surface area (Å²) in [5.41, 5.74) is -0.831. The predicted octanol–water partition coefficient (Wildman–Crippen LogP) is 1.01. The lowest BCUT2D eigenvalue weighted by molar-refractivity contribution is -0.137.